The number of hydrogen-bond acceptors (Lipinski definition) is 3. The summed E-state index contributed by atoms with van der Waals surface area (Å²) in [6.07, 6.45) is 0.979. The van der Waals surface area contributed by atoms with E-state index >= 15 is 0 Å². The van der Waals surface area contributed by atoms with Gasteiger partial charge in [-0.1, -0.05) is 42.0 Å². The van der Waals surface area contributed by atoms with Crippen LogP contribution < -0.4 is 10.1 Å². The number of rotatable bonds is 6. The Kier molecular flexibility index (Phi) is 5.02. The zero-order valence-corrected chi connectivity index (χ0v) is 12.0. The molecule has 2 aromatic carbocycles. The predicted molar refractivity (Wildman–Crippen MR) is 81.2 cm³/mol. The van der Waals surface area contributed by atoms with Crippen LogP contribution in [0.4, 0.5) is 0 Å². The van der Waals surface area contributed by atoms with E-state index in [4.69, 9.17) is 4.74 Å². The van der Waals surface area contributed by atoms with Gasteiger partial charge in [0.05, 0.1) is 7.11 Å². The maximum atomic E-state index is 9.98. The van der Waals surface area contributed by atoms with Crippen LogP contribution in [0, 0.1) is 6.92 Å². The summed E-state index contributed by atoms with van der Waals surface area (Å²) in [4.78, 5) is 0. The van der Waals surface area contributed by atoms with Gasteiger partial charge >= 0.3 is 0 Å². The minimum Gasteiger partial charge on any atom is -0.504 e. The average Bonchev–Trinajstić information content (AvgIpc) is 2.45. The third-order valence-electron chi connectivity index (χ3n) is 3.29. The van der Waals surface area contributed by atoms with E-state index in [1.54, 1.807) is 13.2 Å². The zero-order valence-electron chi connectivity index (χ0n) is 12.0. The average molecular weight is 271 g/mol. The smallest absolute Gasteiger partial charge is 0.162 e. The molecule has 0 saturated heterocycles. The molecule has 2 rings (SSSR count). The Morgan fingerprint density at radius 3 is 2.70 bits per heavy atom. The number of phenolic OH excluding ortho intramolecular Hbond substituents is 1. The molecule has 0 aliphatic heterocycles. The monoisotopic (exact) mass is 271 g/mol. The fourth-order valence-electron chi connectivity index (χ4n) is 2.20. The van der Waals surface area contributed by atoms with Crippen LogP contribution in [0.2, 0.25) is 0 Å². The normalized spacial score (nSPS) is 10.5. The Bertz CT molecular complexity index is 567. The van der Waals surface area contributed by atoms with E-state index in [0.717, 1.165) is 18.5 Å². The number of nitrogens with one attached hydrogen (secondary N) is 1. The molecule has 3 nitrogen and oxygen atoms in total. The van der Waals surface area contributed by atoms with Gasteiger partial charge < -0.3 is 15.2 Å². The number of ether oxygens (including phenoxy) is 1. The second-order valence-electron chi connectivity index (χ2n) is 4.88. The molecule has 0 radical (unpaired) electrons. The van der Waals surface area contributed by atoms with Crippen molar-refractivity contribution in [2.24, 2.45) is 0 Å². The second-order valence-corrected chi connectivity index (χ2v) is 4.88. The molecule has 0 unspecified atom stereocenters. The Morgan fingerprint density at radius 1 is 1.15 bits per heavy atom. The topological polar surface area (TPSA) is 41.5 Å². The molecule has 0 fully saturated rings. The second kappa shape index (κ2) is 6.96. The van der Waals surface area contributed by atoms with Crippen LogP contribution in [0.3, 0.4) is 0 Å². The quantitative estimate of drug-likeness (QED) is 0.793. The van der Waals surface area contributed by atoms with Crippen LogP contribution in [0.15, 0.2) is 42.5 Å². The molecule has 0 heterocycles. The van der Waals surface area contributed by atoms with Crippen molar-refractivity contribution in [3.63, 3.8) is 0 Å². The SMILES string of the molecule is COc1cccc(CNCCc2cccc(C)c2)c1O. The van der Waals surface area contributed by atoms with Gasteiger partial charge in [-0.2, -0.15) is 0 Å². The van der Waals surface area contributed by atoms with Crippen molar-refractivity contribution in [3.05, 3.63) is 59.2 Å². The predicted octanol–water partition coefficient (Wildman–Crippen LogP) is 3.04. The molecule has 0 saturated carbocycles. The van der Waals surface area contributed by atoms with Crippen LogP contribution in [-0.4, -0.2) is 18.8 Å². The number of aromatic hydroxyl groups is 1. The van der Waals surface area contributed by atoms with Gasteiger partial charge in [0.15, 0.2) is 11.5 Å². The summed E-state index contributed by atoms with van der Waals surface area (Å²) in [5, 5.41) is 13.3. The van der Waals surface area contributed by atoms with E-state index in [0.29, 0.717) is 12.3 Å². The summed E-state index contributed by atoms with van der Waals surface area (Å²) < 4.78 is 5.10. The summed E-state index contributed by atoms with van der Waals surface area (Å²) in [6, 6.07) is 14.1. The molecule has 0 aromatic heterocycles. The van der Waals surface area contributed by atoms with Crippen molar-refractivity contribution in [2.75, 3.05) is 13.7 Å². The lowest BCUT2D eigenvalue weighted by Crippen LogP contribution is -2.16. The Morgan fingerprint density at radius 2 is 1.95 bits per heavy atom. The first-order chi connectivity index (χ1) is 9.70. The zero-order chi connectivity index (χ0) is 14.4. The standard InChI is InChI=1S/C17H21NO2/c1-13-5-3-6-14(11-13)9-10-18-12-15-7-4-8-16(20-2)17(15)19/h3-8,11,18-19H,9-10,12H2,1-2H3. The van der Waals surface area contributed by atoms with Crippen LogP contribution in [0.5, 0.6) is 11.5 Å². The van der Waals surface area contributed by atoms with E-state index in [2.05, 4.69) is 36.5 Å². The molecule has 0 atom stereocenters. The lowest BCUT2D eigenvalue weighted by atomic mass is 10.1. The molecule has 2 N–H and O–H groups in total. The highest BCUT2D eigenvalue weighted by Crippen LogP contribution is 2.28. The molecule has 0 aliphatic rings. The molecule has 20 heavy (non-hydrogen) atoms. The summed E-state index contributed by atoms with van der Waals surface area (Å²) >= 11 is 0. The molecule has 0 amide bonds. The van der Waals surface area contributed by atoms with Crippen LogP contribution in [-0.2, 0) is 13.0 Å². The number of phenols is 1. The van der Waals surface area contributed by atoms with E-state index in [1.807, 2.05) is 12.1 Å². The van der Waals surface area contributed by atoms with Gasteiger partial charge in [-0.05, 0) is 31.5 Å². The molecule has 0 bridgehead atoms. The van der Waals surface area contributed by atoms with Crippen molar-refractivity contribution in [1.29, 1.82) is 0 Å². The largest absolute Gasteiger partial charge is 0.504 e. The van der Waals surface area contributed by atoms with Gasteiger partial charge in [-0.3, -0.25) is 0 Å². The third kappa shape index (κ3) is 3.75. The molecule has 2 aromatic rings. The number of hydrogen-bond donors (Lipinski definition) is 2. The van der Waals surface area contributed by atoms with E-state index < -0.39 is 0 Å². The highest BCUT2D eigenvalue weighted by atomic mass is 16.5. The van der Waals surface area contributed by atoms with Crippen LogP contribution >= 0.6 is 0 Å². The summed E-state index contributed by atoms with van der Waals surface area (Å²) in [5.74, 6) is 0.737. The van der Waals surface area contributed by atoms with Gasteiger partial charge in [0.1, 0.15) is 0 Å². The molecule has 106 valence electrons. The van der Waals surface area contributed by atoms with Gasteiger partial charge in [-0.15, -0.1) is 0 Å². The number of benzene rings is 2. The third-order valence-corrected chi connectivity index (χ3v) is 3.29. The van der Waals surface area contributed by atoms with E-state index in [1.165, 1.54) is 11.1 Å². The maximum Gasteiger partial charge on any atom is 0.162 e. The van der Waals surface area contributed by atoms with Crippen molar-refractivity contribution < 1.29 is 9.84 Å². The molecule has 0 spiro atoms. The number of aryl methyl sites for hydroxylation is 1. The first kappa shape index (κ1) is 14.4. The lowest BCUT2D eigenvalue weighted by Gasteiger charge is -2.10. The van der Waals surface area contributed by atoms with Crippen LogP contribution in [0.25, 0.3) is 0 Å². The van der Waals surface area contributed by atoms with Gasteiger partial charge in [-0.25, -0.2) is 0 Å². The fourth-order valence-corrected chi connectivity index (χ4v) is 2.20. The highest BCUT2D eigenvalue weighted by Gasteiger charge is 2.06. The number of methoxy groups -OCH3 is 1. The summed E-state index contributed by atoms with van der Waals surface area (Å²) in [6.45, 7) is 3.61. The van der Waals surface area contributed by atoms with Crippen molar-refractivity contribution >= 4 is 0 Å². The van der Waals surface area contributed by atoms with Gasteiger partial charge in [0.25, 0.3) is 0 Å². The minimum atomic E-state index is 0.220. The number of para-hydroxylation sites is 1. The minimum absolute atomic E-state index is 0.220. The van der Waals surface area contributed by atoms with Crippen molar-refractivity contribution in [3.8, 4) is 11.5 Å². The van der Waals surface area contributed by atoms with Gasteiger partial charge in [0.2, 0.25) is 0 Å². The first-order valence-electron chi connectivity index (χ1n) is 6.82. The highest BCUT2D eigenvalue weighted by molar-refractivity contribution is 5.45. The van der Waals surface area contributed by atoms with Crippen LogP contribution in [0.1, 0.15) is 16.7 Å². The van der Waals surface area contributed by atoms with E-state index in [9.17, 15) is 5.11 Å². The van der Waals surface area contributed by atoms with E-state index in [-0.39, 0.29) is 5.75 Å². The molecule has 3 heteroatoms. The first-order valence-corrected chi connectivity index (χ1v) is 6.82. The lowest BCUT2D eigenvalue weighted by molar-refractivity contribution is 0.369. The Balaban J connectivity index is 1.84. The Hall–Kier alpha value is -2.00. The van der Waals surface area contributed by atoms with Crippen molar-refractivity contribution in [1.82, 2.24) is 5.32 Å². The molecule has 0 aliphatic carbocycles. The fraction of sp³-hybridized carbons (Fsp3) is 0.294. The molecular weight excluding hydrogens is 250 g/mol. The molecular formula is C17H21NO2. The Labute approximate surface area is 120 Å². The van der Waals surface area contributed by atoms with Crippen molar-refractivity contribution in [2.45, 2.75) is 19.9 Å². The summed E-state index contributed by atoms with van der Waals surface area (Å²) in [5.41, 5.74) is 3.47. The maximum absolute atomic E-state index is 9.98. The summed E-state index contributed by atoms with van der Waals surface area (Å²) in [7, 11) is 1.56. The van der Waals surface area contributed by atoms with Gasteiger partial charge in [0, 0.05) is 12.1 Å².